The molecule has 32 heavy (non-hydrogen) atoms. The third kappa shape index (κ3) is 5.46. The molecule has 0 radical (unpaired) electrons. The average Bonchev–Trinajstić information content (AvgIpc) is 2.83. The summed E-state index contributed by atoms with van der Waals surface area (Å²) in [7, 11) is 1.50. The number of carbonyl (C=O) groups excluding carboxylic acids is 1. The van der Waals surface area contributed by atoms with E-state index in [1.54, 1.807) is 18.5 Å². The average molecular weight is 452 g/mol. The Morgan fingerprint density at radius 2 is 1.69 bits per heavy atom. The minimum absolute atomic E-state index is 0.0284. The van der Waals surface area contributed by atoms with Crippen LogP contribution in [0.3, 0.4) is 0 Å². The number of aromatic nitrogens is 1. The monoisotopic (exact) mass is 451 g/mol. The molecule has 3 aromatic rings. The third-order valence-electron chi connectivity index (χ3n) is 5.53. The molecule has 2 aromatic carbocycles. The standard InChI is InChI=1S/C24H25ClN4O.CH5N/c1-17-7-8-22(25)21(13-17)23(18-5-3-2-4-6-18)28-9-11-29(12-10-28)24(30)19-14-20(26)16-27-15-19;1-2/h2-8,13-16,23H,9-12,26H2,1H3;2H2,1H3. The Bertz CT molecular complexity index is 1040. The highest BCUT2D eigenvalue weighted by Gasteiger charge is 2.29. The summed E-state index contributed by atoms with van der Waals surface area (Å²) in [6.45, 7) is 4.87. The fourth-order valence-corrected chi connectivity index (χ4v) is 4.26. The Balaban J connectivity index is 0.00000141. The van der Waals surface area contributed by atoms with E-state index in [2.05, 4.69) is 52.9 Å². The normalized spacial score (nSPS) is 14.9. The molecule has 1 saturated heterocycles. The largest absolute Gasteiger partial charge is 0.397 e. The third-order valence-corrected chi connectivity index (χ3v) is 5.88. The number of nitrogens with zero attached hydrogens (tertiary/aromatic N) is 3. The van der Waals surface area contributed by atoms with Gasteiger partial charge in [-0.05, 0) is 37.2 Å². The number of pyridine rings is 1. The van der Waals surface area contributed by atoms with Crippen LogP contribution in [-0.4, -0.2) is 53.9 Å². The lowest BCUT2D eigenvalue weighted by Crippen LogP contribution is -2.50. The highest BCUT2D eigenvalue weighted by Crippen LogP contribution is 2.34. The van der Waals surface area contributed by atoms with Gasteiger partial charge in [-0.25, -0.2) is 0 Å². The van der Waals surface area contributed by atoms with Crippen molar-refractivity contribution in [1.82, 2.24) is 14.8 Å². The van der Waals surface area contributed by atoms with Crippen LogP contribution in [-0.2, 0) is 0 Å². The molecule has 1 aliphatic rings. The Hall–Kier alpha value is -2.93. The molecule has 0 bridgehead atoms. The predicted molar refractivity (Wildman–Crippen MR) is 131 cm³/mol. The van der Waals surface area contributed by atoms with Gasteiger partial charge in [-0.3, -0.25) is 14.7 Å². The van der Waals surface area contributed by atoms with Gasteiger partial charge in [-0.2, -0.15) is 0 Å². The van der Waals surface area contributed by atoms with Crippen molar-refractivity contribution in [3.05, 3.63) is 94.3 Å². The molecule has 1 unspecified atom stereocenters. The number of rotatable bonds is 4. The van der Waals surface area contributed by atoms with Crippen molar-refractivity contribution in [1.29, 1.82) is 0 Å². The van der Waals surface area contributed by atoms with Gasteiger partial charge in [0, 0.05) is 43.6 Å². The first-order valence-electron chi connectivity index (χ1n) is 10.7. The SMILES string of the molecule is CN.Cc1ccc(Cl)c(C(c2ccccc2)N2CCN(C(=O)c3cncc(N)c3)CC2)c1. The van der Waals surface area contributed by atoms with Crippen LogP contribution in [0.2, 0.25) is 5.02 Å². The molecule has 1 atom stereocenters. The molecule has 168 valence electrons. The number of hydrogen-bond acceptors (Lipinski definition) is 5. The summed E-state index contributed by atoms with van der Waals surface area (Å²) in [6.07, 6.45) is 3.12. The van der Waals surface area contributed by atoms with Gasteiger partial charge in [-0.1, -0.05) is 59.6 Å². The van der Waals surface area contributed by atoms with E-state index in [1.807, 2.05) is 23.1 Å². The van der Waals surface area contributed by atoms with E-state index in [0.717, 1.165) is 23.7 Å². The maximum Gasteiger partial charge on any atom is 0.255 e. The lowest BCUT2D eigenvalue weighted by Gasteiger charge is -2.40. The predicted octanol–water partition coefficient (Wildman–Crippen LogP) is 3.75. The number of benzene rings is 2. The van der Waals surface area contributed by atoms with Crippen molar-refractivity contribution in [2.24, 2.45) is 5.73 Å². The van der Waals surface area contributed by atoms with Gasteiger partial charge in [0.2, 0.25) is 0 Å². The molecule has 0 spiro atoms. The summed E-state index contributed by atoms with van der Waals surface area (Å²) < 4.78 is 0. The van der Waals surface area contributed by atoms with Crippen molar-refractivity contribution in [3.8, 4) is 0 Å². The molecule has 6 nitrogen and oxygen atoms in total. The molecule has 1 aliphatic heterocycles. The van der Waals surface area contributed by atoms with E-state index in [0.29, 0.717) is 24.3 Å². The Morgan fingerprint density at radius 3 is 2.34 bits per heavy atom. The summed E-state index contributed by atoms with van der Waals surface area (Å²) in [5, 5.41) is 0.763. The van der Waals surface area contributed by atoms with Crippen molar-refractivity contribution in [2.75, 3.05) is 39.0 Å². The van der Waals surface area contributed by atoms with E-state index < -0.39 is 0 Å². The summed E-state index contributed by atoms with van der Waals surface area (Å²) in [5.74, 6) is -0.0284. The fourth-order valence-electron chi connectivity index (χ4n) is 4.04. The highest BCUT2D eigenvalue weighted by molar-refractivity contribution is 6.31. The van der Waals surface area contributed by atoms with Crippen molar-refractivity contribution < 1.29 is 4.79 Å². The number of piperazine rings is 1. The van der Waals surface area contributed by atoms with Crippen LogP contribution in [0.15, 0.2) is 67.0 Å². The first-order chi connectivity index (χ1) is 15.5. The number of amides is 1. The fraction of sp³-hybridized carbons (Fsp3) is 0.280. The van der Waals surface area contributed by atoms with Crippen LogP contribution in [0.5, 0.6) is 0 Å². The van der Waals surface area contributed by atoms with Gasteiger partial charge in [0.05, 0.1) is 17.3 Å². The second kappa shape index (κ2) is 11.1. The molecule has 4 rings (SSSR count). The Morgan fingerprint density at radius 1 is 1.00 bits per heavy atom. The zero-order chi connectivity index (χ0) is 23.1. The topological polar surface area (TPSA) is 88.5 Å². The first kappa shape index (κ1) is 23.7. The maximum atomic E-state index is 12.9. The van der Waals surface area contributed by atoms with Gasteiger partial charge >= 0.3 is 0 Å². The van der Waals surface area contributed by atoms with Gasteiger partial charge in [0.15, 0.2) is 0 Å². The number of nitrogens with two attached hydrogens (primary N) is 2. The Kier molecular flexibility index (Phi) is 8.22. The minimum atomic E-state index is -0.0284. The second-order valence-electron chi connectivity index (χ2n) is 7.67. The van der Waals surface area contributed by atoms with Gasteiger partial charge in [0.25, 0.3) is 5.91 Å². The number of aryl methyl sites for hydroxylation is 1. The zero-order valence-corrected chi connectivity index (χ0v) is 19.3. The van der Waals surface area contributed by atoms with E-state index in [9.17, 15) is 4.79 Å². The first-order valence-corrected chi connectivity index (χ1v) is 11.0. The summed E-state index contributed by atoms with van der Waals surface area (Å²) in [4.78, 5) is 21.2. The molecule has 4 N–H and O–H groups in total. The van der Waals surface area contributed by atoms with Crippen molar-refractivity contribution in [3.63, 3.8) is 0 Å². The number of halogens is 1. The molecule has 2 heterocycles. The van der Waals surface area contributed by atoms with Crippen LogP contribution in [0, 0.1) is 6.92 Å². The van der Waals surface area contributed by atoms with Crippen molar-refractivity contribution in [2.45, 2.75) is 13.0 Å². The summed E-state index contributed by atoms with van der Waals surface area (Å²) in [6, 6.07) is 18.3. The van der Waals surface area contributed by atoms with E-state index in [1.165, 1.54) is 18.2 Å². The van der Waals surface area contributed by atoms with Crippen LogP contribution < -0.4 is 11.5 Å². The van der Waals surface area contributed by atoms with Crippen LogP contribution >= 0.6 is 11.6 Å². The smallest absolute Gasteiger partial charge is 0.255 e. The van der Waals surface area contributed by atoms with E-state index in [4.69, 9.17) is 17.3 Å². The molecular formula is C25H30ClN5O. The summed E-state index contributed by atoms with van der Waals surface area (Å²) >= 11 is 6.62. The van der Waals surface area contributed by atoms with Crippen molar-refractivity contribution >= 4 is 23.2 Å². The maximum absolute atomic E-state index is 12.9. The number of anilines is 1. The Labute approximate surface area is 194 Å². The van der Waals surface area contributed by atoms with Crippen LogP contribution in [0.1, 0.15) is 33.1 Å². The molecule has 7 heteroatoms. The molecule has 1 fully saturated rings. The number of hydrogen-bond donors (Lipinski definition) is 2. The van der Waals surface area contributed by atoms with Gasteiger partial charge in [0.1, 0.15) is 0 Å². The minimum Gasteiger partial charge on any atom is -0.397 e. The lowest BCUT2D eigenvalue weighted by atomic mass is 9.95. The van der Waals surface area contributed by atoms with Crippen LogP contribution in [0.25, 0.3) is 0 Å². The van der Waals surface area contributed by atoms with E-state index >= 15 is 0 Å². The molecule has 0 aliphatic carbocycles. The van der Waals surface area contributed by atoms with Gasteiger partial charge in [-0.15, -0.1) is 0 Å². The van der Waals surface area contributed by atoms with E-state index in [-0.39, 0.29) is 11.9 Å². The molecule has 0 saturated carbocycles. The van der Waals surface area contributed by atoms with Crippen LogP contribution in [0.4, 0.5) is 5.69 Å². The molecule has 1 aromatic heterocycles. The number of carbonyl (C=O) groups is 1. The second-order valence-corrected chi connectivity index (χ2v) is 8.08. The lowest BCUT2D eigenvalue weighted by molar-refractivity contribution is 0.0597. The number of nitrogen functional groups attached to an aromatic ring is 1. The summed E-state index contributed by atoms with van der Waals surface area (Å²) in [5.41, 5.74) is 14.8. The molecular weight excluding hydrogens is 422 g/mol. The zero-order valence-electron chi connectivity index (χ0n) is 18.5. The highest BCUT2D eigenvalue weighted by atomic mass is 35.5. The quantitative estimate of drug-likeness (QED) is 0.630. The molecule has 1 amide bonds. The van der Waals surface area contributed by atoms with Gasteiger partial charge < -0.3 is 16.4 Å².